The van der Waals surface area contributed by atoms with E-state index >= 15 is 0 Å². The van der Waals surface area contributed by atoms with Gasteiger partial charge >= 0.3 is 0 Å². The molecule has 2 rings (SSSR count). The molecule has 0 spiro atoms. The molecule has 15 heavy (non-hydrogen) atoms. The Morgan fingerprint density at radius 2 is 2.07 bits per heavy atom. The van der Waals surface area contributed by atoms with E-state index < -0.39 is 0 Å². The standard InChI is InChI=1S/C11H14BrNO2/c12-11-7-10(2-1-9(11)8-14)13-3-5-15-6-4-13/h1-2,7,14H,3-6,8H2. The lowest BCUT2D eigenvalue weighted by molar-refractivity contribution is 0.122. The fourth-order valence-corrected chi connectivity index (χ4v) is 2.17. The average molecular weight is 272 g/mol. The Balaban J connectivity index is 2.17. The summed E-state index contributed by atoms with van der Waals surface area (Å²) < 4.78 is 6.27. The number of aliphatic hydroxyl groups excluding tert-OH is 1. The molecule has 1 N–H and O–H groups in total. The molecule has 1 aromatic carbocycles. The maximum atomic E-state index is 9.06. The van der Waals surface area contributed by atoms with Crippen LogP contribution in [-0.4, -0.2) is 31.4 Å². The third kappa shape index (κ3) is 2.51. The number of morpholine rings is 1. The van der Waals surface area contributed by atoms with Gasteiger partial charge in [-0.15, -0.1) is 0 Å². The molecule has 0 bridgehead atoms. The van der Waals surface area contributed by atoms with Gasteiger partial charge in [-0.1, -0.05) is 22.0 Å². The van der Waals surface area contributed by atoms with Crippen LogP contribution in [0.4, 0.5) is 5.69 Å². The summed E-state index contributed by atoms with van der Waals surface area (Å²) in [6.45, 7) is 3.53. The summed E-state index contributed by atoms with van der Waals surface area (Å²) in [7, 11) is 0. The number of hydrogen-bond donors (Lipinski definition) is 1. The van der Waals surface area contributed by atoms with Gasteiger partial charge < -0.3 is 14.7 Å². The molecule has 0 unspecified atom stereocenters. The van der Waals surface area contributed by atoms with Crippen molar-refractivity contribution in [1.29, 1.82) is 0 Å². The molecule has 3 nitrogen and oxygen atoms in total. The fourth-order valence-electron chi connectivity index (χ4n) is 1.68. The fraction of sp³-hybridized carbons (Fsp3) is 0.455. The van der Waals surface area contributed by atoms with Gasteiger partial charge in [-0.05, 0) is 17.7 Å². The predicted octanol–water partition coefficient (Wildman–Crippen LogP) is 1.78. The Labute approximate surface area is 97.8 Å². The van der Waals surface area contributed by atoms with Crippen LogP contribution in [0.5, 0.6) is 0 Å². The molecule has 1 saturated heterocycles. The van der Waals surface area contributed by atoms with Crippen LogP contribution in [0, 0.1) is 0 Å². The van der Waals surface area contributed by atoms with Crippen LogP contribution < -0.4 is 4.90 Å². The number of nitrogens with zero attached hydrogens (tertiary/aromatic N) is 1. The van der Waals surface area contributed by atoms with Crippen LogP contribution in [0.1, 0.15) is 5.56 Å². The van der Waals surface area contributed by atoms with Gasteiger partial charge in [0.25, 0.3) is 0 Å². The van der Waals surface area contributed by atoms with Gasteiger partial charge in [-0.3, -0.25) is 0 Å². The highest BCUT2D eigenvalue weighted by atomic mass is 79.9. The molecule has 1 aliphatic rings. The minimum Gasteiger partial charge on any atom is -0.392 e. The second kappa shape index (κ2) is 4.96. The first kappa shape index (κ1) is 10.9. The molecule has 0 amide bonds. The summed E-state index contributed by atoms with van der Waals surface area (Å²) in [4.78, 5) is 2.29. The lowest BCUT2D eigenvalue weighted by atomic mass is 10.2. The molecule has 1 heterocycles. The van der Waals surface area contributed by atoms with Crippen molar-refractivity contribution < 1.29 is 9.84 Å². The van der Waals surface area contributed by atoms with Gasteiger partial charge in [0, 0.05) is 23.2 Å². The highest BCUT2D eigenvalue weighted by molar-refractivity contribution is 9.10. The highest BCUT2D eigenvalue weighted by Crippen LogP contribution is 2.24. The molecular weight excluding hydrogens is 258 g/mol. The number of aliphatic hydroxyl groups is 1. The molecular formula is C11H14BrNO2. The molecule has 1 aliphatic heterocycles. The van der Waals surface area contributed by atoms with Crippen molar-refractivity contribution in [2.75, 3.05) is 31.2 Å². The van der Waals surface area contributed by atoms with Crippen molar-refractivity contribution in [2.24, 2.45) is 0 Å². The van der Waals surface area contributed by atoms with Gasteiger partial charge in [0.05, 0.1) is 19.8 Å². The number of benzene rings is 1. The van der Waals surface area contributed by atoms with Gasteiger partial charge in [0.1, 0.15) is 0 Å². The summed E-state index contributed by atoms with van der Waals surface area (Å²) in [5, 5.41) is 9.06. The van der Waals surface area contributed by atoms with Crippen LogP contribution in [0.25, 0.3) is 0 Å². The zero-order chi connectivity index (χ0) is 10.7. The van der Waals surface area contributed by atoms with Crippen LogP contribution in [0.2, 0.25) is 0 Å². The molecule has 82 valence electrons. The summed E-state index contributed by atoms with van der Waals surface area (Å²) in [6.07, 6.45) is 0. The second-order valence-corrected chi connectivity index (χ2v) is 4.39. The third-order valence-corrected chi connectivity index (χ3v) is 3.32. The van der Waals surface area contributed by atoms with E-state index in [9.17, 15) is 0 Å². The van der Waals surface area contributed by atoms with Crippen molar-refractivity contribution >= 4 is 21.6 Å². The Morgan fingerprint density at radius 3 is 2.67 bits per heavy atom. The first-order chi connectivity index (χ1) is 7.31. The maximum absolute atomic E-state index is 9.06. The van der Waals surface area contributed by atoms with Crippen LogP contribution >= 0.6 is 15.9 Å². The van der Waals surface area contributed by atoms with E-state index in [2.05, 4.69) is 26.9 Å². The summed E-state index contributed by atoms with van der Waals surface area (Å²) in [6, 6.07) is 6.05. The van der Waals surface area contributed by atoms with Crippen molar-refractivity contribution in [1.82, 2.24) is 0 Å². The maximum Gasteiger partial charge on any atom is 0.0692 e. The molecule has 0 saturated carbocycles. The largest absolute Gasteiger partial charge is 0.392 e. The molecule has 4 heteroatoms. The smallest absolute Gasteiger partial charge is 0.0692 e. The lowest BCUT2D eigenvalue weighted by Crippen LogP contribution is -2.36. The summed E-state index contributed by atoms with van der Waals surface area (Å²) in [5.74, 6) is 0. The summed E-state index contributed by atoms with van der Waals surface area (Å²) >= 11 is 3.46. The van der Waals surface area contributed by atoms with E-state index in [-0.39, 0.29) is 6.61 Å². The topological polar surface area (TPSA) is 32.7 Å². The highest BCUT2D eigenvalue weighted by Gasteiger charge is 2.11. The van der Waals surface area contributed by atoms with Crippen LogP contribution in [0.15, 0.2) is 22.7 Å². The van der Waals surface area contributed by atoms with Gasteiger partial charge in [0.2, 0.25) is 0 Å². The monoisotopic (exact) mass is 271 g/mol. The van der Waals surface area contributed by atoms with Crippen molar-refractivity contribution in [3.05, 3.63) is 28.2 Å². The molecule has 1 fully saturated rings. The Bertz CT molecular complexity index is 337. The first-order valence-electron chi connectivity index (χ1n) is 5.03. The van der Waals surface area contributed by atoms with Crippen molar-refractivity contribution in [3.63, 3.8) is 0 Å². The molecule has 0 aromatic heterocycles. The summed E-state index contributed by atoms with van der Waals surface area (Å²) in [5.41, 5.74) is 2.11. The number of hydrogen-bond acceptors (Lipinski definition) is 3. The van der Waals surface area contributed by atoms with E-state index in [1.807, 2.05) is 12.1 Å². The number of halogens is 1. The predicted molar refractivity (Wildman–Crippen MR) is 63.1 cm³/mol. The zero-order valence-electron chi connectivity index (χ0n) is 8.45. The van der Waals surface area contributed by atoms with E-state index in [0.717, 1.165) is 36.3 Å². The van der Waals surface area contributed by atoms with Crippen LogP contribution in [-0.2, 0) is 11.3 Å². The molecule has 0 atom stereocenters. The van der Waals surface area contributed by atoms with E-state index in [1.165, 1.54) is 5.69 Å². The van der Waals surface area contributed by atoms with E-state index in [4.69, 9.17) is 9.84 Å². The van der Waals surface area contributed by atoms with Gasteiger partial charge in [-0.25, -0.2) is 0 Å². The van der Waals surface area contributed by atoms with Gasteiger partial charge in [0.15, 0.2) is 0 Å². The minimum atomic E-state index is 0.0734. The first-order valence-corrected chi connectivity index (χ1v) is 5.82. The normalized spacial score (nSPS) is 16.8. The number of rotatable bonds is 2. The molecule has 0 aliphatic carbocycles. The second-order valence-electron chi connectivity index (χ2n) is 3.53. The Hall–Kier alpha value is -0.580. The van der Waals surface area contributed by atoms with Crippen molar-refractivity contribution in [3.8, 4) is 0 Å². The molecule has 0 radical (unpaired) electrons. The quantitative estimate of drug-likeness (QED) is 0.890. The van der Waals surface area contributed by atoms with E-state index in [1.54, 1.807) is 0 Å². The van der Waals surface area contributed by atoms with E-state index in [0.29, 0.717) is 0 Å². The SMILES string of the molecule is OCc1ccc(N2CCOCC2)cc1Br. The van der Waals surface area contributed by atoms with Gasteiger partial charge in [-0.2, -0.15) is 0 Å². The lowest BCUT2D eigenvalue weighted by Gasteiger charge is -2.29. The number of anilines is 1. The Kier molecular flexibility index (Phi) is 3.61. The zero-order valence-corrected chi connectivity index (χ0v) is 10.0. The van der Waals surface area contributed by atoms with Crippen LogP contribution in [0.3, 0.4) is 0 Å². The Morgan fingerprint density at radius 1 is 1.33 bits per heavy atom. The average Bonchev–Trinajstić information content (AvgIpc) is 2.30. The van der Waals surface area contributed by atoms with Crippen molar-refractivity contribution in [2.45, 2.75) is 6.61 Å². The minimum absolute atomic E-state index is 0.0734. The third-order valence-electron chi connectivity index (χ3n) is 2.58. The molecule has 1 aromatic rings. The number of ether oxygens (including phenoxy) is 1.